The molecule has 0 saturated carbocycles. The van der Waals surface area contributed by atoms with Gasteiger partial charge in [-0.2, -0.15) is 4.31 Å². The summed E-state index contributed by atoms with van der Waals surface area (Å²) in [5.74, 6) is -0.594. The van der Waals surface area contributed by atoms with Gasteiger partial charge in [0, 0.05) is 18.1 Å². The second-order valence-corrected chi connectivity index (χ2v) is 8.79. The average Bonchev–Trinajstić information content (AvgIpc) is 3.05. The highest BCUT2D eigenvalue weighted by molar-refractivity contribution is 7.89. The Balaban J connectivity index is 1.76. The molecular formula is C15H16ClN3O4S2. The number of aromatic nitrogens is 2. The van der Waals surface area contributed by atoms with E-state index in [-0.39, 0.29) is 18.0 Å². The first-order chi connectivity index (χ1) is 12.0. The fraction of sp³-hybridized carbons (Fsp3) is 0.400. The quantitative estimate of drug-likeness (QED) is 0.715. The second kappa shape index (κ2) is 7.77. The van der Waals surface area contributed by atoms with Gasteiger partial charge in [0.1, 0.15) is 22.7 Å². The zero-order valence-electron chi connectivity index (χ0n) is 13.2. The van der Waals surface area contributed by atoms with E-state index in [4.69, 9.17) is 16.3 Å². The molecular weight excluding hydrogens is 386 g/mol. The number of carbonyl (C=O) groups is 1. The van der Waals surface area contributed by atoms with Crippen molar-refractivity contribution < 1.29 is 17.9 Å². The maximum Gasteiger partial charge on any atom is 0.324 e. The molecule has 1 saturated heterocycles. The topological polar surface area (TPSA) is 89.5 Å². The van der Waals surface area contributed by atoms with Gasteiger partial charge in [-0.3, -0.25) is 4.79 Å². The smallest absolute Gasteiger partial charge is 0.324 e. The van der Waals surface area contributed by atoms with E-state index in [1.807, 2.05) is 0 Å². The third-order valence-electron chi connectivity index (χ3n) is 3.94. The van der Waals surface area contributed by atoms with Crippen LogP contribution in [-0.2, 0) is 26.2 Å². The van der Waals surface area contributed by atoms with Crippen molar-refractivity contribution in [3.05, 3.63) is 40.4 Å². The maximum absolute atomic E-state index is 12.9. The van der Waals surface area contributed by atoms with Gasteiger partial charge in [0.25, 0.3) is 0 Å². The lowest BCUT2D eigenvalue weighted by molar-refractivity contribution is -0.150. The summed E-state index contributed by atoms with van der Waals surface area (Å²) in [5, 5.41) is 3.78. The van der Waals surface area contributed by atoms with Crippen LogP contribution in [0.5, 0.6) is 0 Å². The van der Waals surface area contributed by atoms with E-state index in [1.165, 1.54) is 16.4 Å². The van der Waals surface area contributed by atoms with Crippen molar-refractivity contribution in [2.24, 2.45) is 0 Å². The maximum atomic E-state index is 12.9. The molecule has 0 amide bonds. The number of rotatable bonds is 5. The highest BCUT2D eigenvalue weighted by Gasteiger charge is 2.38. The van der Waals surface area contributed by atoms with Crippen molar-refractivity contribution in [3.8, 4) is 0 Å². The summed E-state index contributed by atoms with van der Waals surface area (Å²) in [6.45, 7) is 0.167. The Kier molecular flexibility index (Phi) is 5.67. The van der Waals surface area contributed by atoms with E-state index >= 15 is 0 Å². The van der Waals surface area contributed by atoms with E-state index in [9.17, 15) is 13.2 Å². The Labute approximate surface area is 154 Å². The van der Waals surface area contributed by atoms with Crippen LogP contribution in [0.4, 0.5) is 0 Å². The molecule has 0 spiro atoms. The Bertz CT molecular complexity index is 841. The Morgan fingerprint density at radius 3 is 2.76 bits per heavy atom. The van der Waals surface area contributed by atoms with Gasteiger partial charge in [0.05, 0.1) is 4.90 Å². The van der Waals surface area contributed by atoms with Gasteiger partial charge in [-0.15, -0.1) is 5.10 Å². The first kappa shape index (κ1) is 18.2. The van der Waals surface area contributed by atoms with Crippen LogP contribution < -0.4 is 0 Å². The highest BCUT2D eigenvalue weighted by Crippen LogP contribution is 2.26. The molecule has 1 aromatic heterocycles. The summed E-state index contributed by atoms with van der Waals surface area (Å²) in [4.78, 5) is 12.6. The number of sulfonamides is 1. The molecule has 1 unspecified atom stereocenters. The fourth-order valence-electron chi connectivity index (χ4n) is 2.67. The molecule has 10 heteroatoms. The van der Waals surface area contributed by atoms with Gasteiger partial charge in [-0.1, -0.05) is 34.3 Å². The molecule has 1 aromatic carbocycles. The first-order valence-corrected chi connectivity index (χ1v) is 10.3. The van der Waals surface area contributed by atoms with Crippen LogP contribution in [0, 0.1) is 0 Å². The number of hydrogen-bond donors (Lipinski definition) is 0. The van der Waals surface area contributed by atoms with Crippen LogP contribution in [0.25, 0.3) is 0 Å². The number of nitrogens with zero attached hydrogens (tertiary/aromatic N) is 3. The molecule has 134 valence electrons. The molecule has 2 aromatic rings. The van der Waals surface area contributed by atoms with Gasteiger partial charge >= 0.3 is 5.97 Å². The summed E-state index contributed by atoms with van der Waals surface area (Å²) >= 11 is 6.89. The minimum atomic E-state index is -3.76. The summed E-state index contributed by atoms with van der Waals surface area (Å²) in [6, 6.07) is 7.25. The summed E-state index contributed by atoms with van der Waals surface area (Å²) in [5.41, 5.74) is 0.369. The summed E-state index contributed by atoms with van der Waals surface area (Å²) < 4.78 is 36.2. The number of benzene rings is 1. The van der Waals surface area contributed by atoms with Gasteiger partial charge < -0.3 is 4.74 Å². The minimum Gasteiger partial charge on any atom is -0.458 e. The third kappa shape index (κ3) is 4.00. The average molecular weight is 402 g/mol. The lowest BCUT2D eigenvalue weighted by atomic mass is 10.1. The predicted octanol–water partition coefficient (Wildman–Crippen LogP) is 2.48. The van der Waals surface area contributed by atoms with Crippen molar-refractivity contribution >= 4 is 39.1 Å². The van der Waals surface area contributed by atoms with Crippen LogP contribution in [0.15, 0.2) is 35.2 Å². The molecule has 1 atom stereocenters. The van der Waals surface area contributed by atoms with E-state index in [0.29, 0.717) is 22.9 Å². The Morgan fingerprint density at radius 1 is 1.32 bits per heavy atom. The van der Waals surface area contributed by atoms with E-state index in [0.717, 1.165) is 18.0 Å². The fourth-order valence-corrected chi connectivity index (χ4v) is 4.94. The molecule has 0 bridgehead atoms. The zero-order chi connectivity index (χ0) is 17.9. The van der Waals surface area contributed by atoms with E-state index in [1.54, 1.807) is 18.2 Å². The van der Waals surface area contributed by atoms with Gasteiger partial charge in [0.15, 0.2) is 0 Å². The van der Waals surface area contributed by atoms with Crippen molar-refractivity contribution in [1.29, 1.82) is 0 Å². The molecule has 0 N–H and O–H groups in total. The van der Waals surface area contributed by atoms with E-state index < -0.39 is 22.0 Å². The van der Waals surface area contributed by atoms with Crippen LogP contribution in [0.1, 0.15) is 25.0 Å². The SMILES string of the molecule is O=C(OCc1nnsc1Cl)C1CCCCN1S(=O)(=O)c1ccccc1. The molecule has 1 aliphatic rings. The van der Waals surface area contributed by atoms with E-state index in [2.05, 4.69) is 9.59 Å². The normalized spacial score (nSPS) is 18.8. The lowest BCUT2D eigenvalue weighted by Crippen LogP contribution is -2.48. The molecule has 1 aliphatic heterocycles. The largest absolute Gasteiger partial charge is 0.458 e. The second-order valence-electron chi connectivity index (χ2n) is 5.54. The number of halogens is 1. The lowest BCUT2D eigenvalue weighted by Gasteiger charge is -2.32. The molecule has 7 nitrogen and oxygen atoms in total. The first-order valence-electron chi connectivity index (χ1n) is 7.70. The van der Waals surface area contributed by atoms with Crippen molar-refractivity contribution in [3.63, 3.8) is 0 Å². The summed E-state index contributed by atoms with van der Waals surface area (Å²) in [7, 11) is -3.76. The van der Waals surface area contributed by atoms with Crippen molar-refractivity contribution in [2.45, 2.75) is 36.8 Å². The monoisotopic (exact) mass is 401 g/mol. The highest BCUT2D eigenvalue weighted by atomic mass is 35.5. The summed E-state index contributed by atoms with van der Waals surface area (Å²) in [6.07, 6.45) is 1.89. The zero-order valence-corrected chi connectivity index (χ0v) is 15.6. The number of carbonyl (C=O) groups excluding carboxylic acids is 1. The minimum absolute atomic E-state index is 0.121. The predicted molar refractivity (Wildman–Crippen MR) is 92.7 cm³/mol. The molecule has 0 radical (unpaired) electrons. The molecule has 2 heterocycles. The van der Waals surface area contributed by atoms with Crippen LogP contribution in [0.2, 0.25) is 4.34 Å². The number of esters is 1. The van der Waals surface area contributed by atoms with Gasteiger partial charge in [-0.25, -0.2) is 8.42 Å². The van der Waals surface area contributed by atoms with Crippen LogP contribution in [0.3, 0.4) is 0 Å². The van der Waals surface area contributed by atoms with Crippen LogP contribution >= 0.6 is 23.1 Å². The van der Waals surface area contributed by atoms with Crippen LogP contribution in [-0.4, -0.2) is 40.9 Å². The van der Waals surface area contributed by atoms with Gasteiger partial charge in [-0.05, 0) is 31.4 Å². The van der Waals surface area contributed by atoms with Crippen molar-refractivity contribution in [1.82, 2.24) is 13.9 Å². The van der Waals surface area contributed by atoms with Crippen molar-refractivity contribution in [2.75, 3.05) is 6.54 Å². The Morgan fingerprint density at radius 2 is 2.08 bits per heavy atom. The Hall–Kier alpha value is -1.55. The molecule has 1 fully saturated rings. The number of piperidine rings is 1. The number of hydrogen-bond acceptors (Lipinski definition) is 7. The number of ether oxygens (including phenoxy) is 1. The third-order valence-corrected chi connectivity index (χ3v) is 6.84. The van der Waals surface area contributed by atoms with Gasteiger partial charge in [0.2, 0.25) is 10.0 Å². The molecule has 25 heavy (non-hydrogen) atoms. The molecule has 3 rings (SSSR count). The molecule has 0 aliphatic carbocycles. The standard InChI is InChI=1S/C15H16ClN3O4S2/c16-14-12(17-18-24-14)10-23-15(20)13-8-4-5-9-19(13)25(21,22)11-6-2-1-3-7-11/h1-3,6-7,13H,4-5,8-10H2.